The average molecular weight is 757 g/mol. The van der Waals surface area contributed by atoms with Crippen LogP contribution in [0.15, 0.2) is 206 Å². The van der Waals surface area contributed by atoms with E-state index in [1.807, 2.05) is 54.6 Å². The van der Waals surface area contributed by atoms with Crippen LogP contribution in [0.25, 0.3) is 88.0 Å². The first kappa shape index (κ1) is 34.2. The summed E-state index contributed by atoms with van der Waals surface area (Å²) in [5, 5.41) is 24.6. The first-order valence-corrected chi connectivity index (χ1v) is 19.8. The molecule has 59 heavy (non-hydrogen) atoms. The lowest BCUT2D eigenvalue weighted by atomic mass is 9.97. The summed E-state index contributed by atoms with van der Waals surface area (Å²) in [6, 6.07) is 71.5. The highest BCUT2D eigenvalue weighted by molar-refractivity contribution is 6.13. The number of benzene rings is 9. The monoisotopic (exact) mass is 756 g/mol. The Morgan fingerprint density at radius 3 is 1.37 bits per heavy atom. The maximum atomic E-state index is 8.76. The molecule has 0 aliphatic carbocycles. The Bertz CT molecular complexity index is 3420. The van der Waals surface area contributed by atoms with Crippen LogP contribution in [0.1, 0.15) is 11.1 Å². The van der Waals surface area contributed by atoms with Crippen molar-refractivity contribution in [3.05, 3.63) is 217 Å². The fourth-order valence-electron chi connectivity index (χ4n) is 8.70. The molecule has 0 amide bonds. The van der Waals surface area contributed by atoms with E-state index in [2.05, 4.69) is 161 Å². The molecule has 0 saturated carbocycles. The molecule has 0 aliphatic rings. The van der Waals surface area contributed by atoms with Gasteiger partial charge >= 0.3 is 0 Å². The molecule has 0 spiro atoms. The van der Waals surface area contributed by atoms with Crippen LogP contribution in [-0.2, 0) is 4.74 Å². The molecule has 0 unspecified atom stereocenters. The number of hydrogen-bond acceptors (Lipinski definition) is 3. The fraction of sp³-hybridized carbons (Fsp3) is 0. The maximum absolute atomic E-state index is 8.76. The number of para-hydroxylation sites is 3. The molecule has 278 valence electrons. The second kappa shape index (κ2) is 13.9. The maximum Gasteiger partial charge on any atom is 0.221 e. The van der Waals surface area contributed by atoms with Gasteiger partial charge in [-0.2, -0.15) is 0 Å². The minimum Gasteiger partial charge on any atom is -0.421 e. The molecule has 0 saturated heterocycles. The van der Waals surface area contributed by atoms with Gasteiger partial charge in [0, 0.05) is 44.0 Å². The van der Waals surface area contributed by atoms with Crippen LogP contribution in [-0.4, -0.2) is 20.9 Å². The van der Waals surface area contributed by atoms with E-state index in [0.29, 0.717) is 11.1 Å². The lowest BCUT2D eigenvalue weighted by Crippen LogP contribution is -2.13. The number of hydrogen-bond donors (Lipinski definition) is 2. The molecular weight excluding hydrogens is 721 g/mol. The molecule has 0 atom stereocenters. The van der Waals surface area contributed by atoms with Crippen LogP contribution in [0.3, 0.4) is 0 Å². The molecule has 11 aromatic rings. The number of nitrogens with zero attached hydrogens (tertiary/aromatic N) is 2. The van der Waals surface area contributed by atoms with Crippen LogP contribution >= 0.6 is 0 Å². The van der Waals surface area contributed by atoms with Crippen molar-refractivity contribution in [2.45, 2.75) is 0 Å². The van der Waals surface area contributed by atoms with E-state index in [4.69, 9.17) is 15.6 Å². The highest BCUT2D eigenvalue weighted by atomic mass is 16.5. The van der Waals surface area contributed by atoms with E-state index < -0.39 is 0 Å². The van der Waals surface area contributed by atoms with E-state index in [-0.39, 0.29) is 11.8 Å². The summed E-state index contributed by atoms with van der Waals surface area (Å²) in [6.07, 6.45) is 0. The predicted octanol–water partition coefficient (Wildman–Crippen LogP) is 13.7. The molecule has 0 fully saturated rings. The topological polar surface area (TPSA) is 66.8 Å². The van der Waals surface area contributed by atoms with Gasteiger partial charge in [0.05, 0.1) is 22.1 Å². The average Bonchev–Trinajstić information content (AvgIpc) is 3.81. The normalized spacial score (nSPS) is 11.5. The molecule has 0 aliphatic heterocycles. The van der Waals surface area contributed by atoms with Crippen LogP contribution in [0, 0.1) is 10.8 Å². The Morgan fingerprint density at radius 2 is 0.780 bits per heavy atom. The van der Waals surface area contributed by atoms with E-state index in [1.54, 1.807) is 0 Å². The number of rotatable bonds is 6. The van der Waals surface area contributed by atoms with Crippen molar-refractivity contribution in [1.82, 2.24) is 9.13 Å². The van der Waals surface area contributed by atoms with Gasteiger partial charge in [0.25, 0.3) is 0 Å². The molecule has 5 nitrogen and oxygen atoms in total. The highest BCUT2D eigenvalue weighted by Crippen LogP contribution is 2.38. The number of fused-ring (bicyclic) bond motifs is 7. The molecule has 2 N–H and O–H groups in total. The van der Waals surface area contributed by atoms with Gasteiger partial charge in [0.15, 0.2) is 0 Å². The quantitative estimate of drug-likeness (QED) is 0.129. The Labute approximate surface area is 340 Å². The smallest absolute Gasteiger partial charge is 0.221 e. The first-order valence-electron chi connectivity index (χ1n) is 19.8. The van der Waals surface area contributed by atoms with Crippen LogP contribution < -0.4 is 0 Å². The number of nitrogens with one attached hydrogen (secondary N) is 2. The van der Waals surface area contributed by atoms with Crippen molar-refractivity contribution in [1.29, 1.82) is 10.8 Å². The van der Waals surface area contributed by atoms with Gasteiger partial charge in [-0.05, 0) is 118 Å². The Hall–Kier alpha value is -8.02. The summed E-state index contributed by atoms with van der Waals surface area (Å²) in [6.45, 7) is 0. The highest BCUT2D eigenvalue weighted by Gasteiger charge is 2.17. The zero-order chi connectivity index (χ0) is 39.5. The van der Waals surface area contributed by atoms with Crippen molar-refractivity contribution < 1.29 is 4.74 Å². The summed E-state index contributed by atoms with van der Waals surface area (Å²) in [4.78, 5) is 0. The SMILES string of the molecule is N=C(OC(=N)c1ccc(-n2c3ccccc3c3cc(-c4ccc5c(c4)c4ccccc4n5-c4ccccc4)ccc32)cc1)c1ccc(-c2cccc3ccccc23)cc1. The van der Waals surface area contributed by atoms with E-state index in [1.165, 1.54) is 48.9 Å². The first-order chi connectivity index (χ1) is 29.1. The van der Waals surface area contributed by atoms with Crippen LogP contribution in [0.2, 0.25) is 0 Å². The molecule has 2 aromatic heterocycles. The van der Waals surface area contributed by atoms with Gasteiger partial charge in [-0.15, -0.1) is 0 Å². The van der Waals surface area contributed by atoms with E-state index in [9.17, 15) is 0 Å². The van der Waals surface area contributed by atoms with Gasteiger partial charge < -0.3 is 13.9 Å². The third kappa shape index (κ3) is 5.79. The lowest BCUT2D eigenvalue weighted by Gasteiger charge is -2.12. The molecule has 9 aromatic carbocycles. The Morgan fingerprint density at radius 1 is 0.339 bits per heavy atom. The van der Waals surface area contributed by atoms with Gasteiger partial charge in [0.1, 0.15) is 0 Å². The second-order valence-electron chi connectivity index (χ2n) is 14.9. The summed E-state index contributed by atoms with van der Waals surface area (Å²) in [7, 11) is 0. The van der Waals surface area contributed by atoms with Gasteiger partial charge in [-0.25, -0.2) is 0 Å². The predicted molar refractivity (Wildman–Crippen MR) is 245 cm³/mol. The van der Waals surface area contributed by atoms with Gasteiger partial charge in [-0.1, -0.05) is 121 Å². The van der Waals surface area contributed by atoms with Gasteiger partial charge in [0.2, 0.25) is 11.8 Å². The van der Waals surface area contributed by atoms with Crippen LogP contribution in [0.5, 0.6) is 0 Å². The summed E-state index contributed by atoms with van der Waals surface area (Å²) in [5.74, 6) is -0.141. The second-order valence-corrected chi connectivity index (χ2v) is 14.9. The van der Waals surface area contributed by atoms with Crippen molar-refractivity contribution in [2.75, 3.05) is 0 Å². The summed E-state index contributed by atoms with van der Waals surface area (Å²) < 4.78 is 10.4. The zero-order valence-corrected chi connectivity index (χ0v) is 31.9. The largest absolute Gasteiger partial charge is 0.421 e. The standard InChI is InChI=1S/C54H36N4O/c55-53(37-23-21-36(22-24-37)44-18-10-12-35-11-4-5-15-43(35)44)59-54(56)38-25-29-42(30-26-38)58-50-20-9-7-17-46(50)48-34-40(28-32-52(48)58)39-27-31-51-47(33-39)45-16-6-8-19-49(45)57(51)41-13-2-1-3-14-41/h1-34,55-56H. The fourth-order valence-corrected chi connectivity index (χ4v) is 8.70. The van der Waals surface area contributed by atoms with Crippen LogP contribution in [0.4, 0.5) is 0 Å². The number of ether oxygens (including phenoxy) is 1. The van der Waals surface area contributed by atoms with E-state index in [0.717, 1.165) is 39.1 Å². The molecule has 11 rings (SSSR count). The number of aromatic nitrogens is 2. The van der Waals surface area contributed by atoms with Crippen molar-refractivity contribution in [2.24, 2.45) is 0 Å². The molecule has 0 bridgehead atoms. The molecule has 5 heteroatoms. The van der Waals surface area contributed by atoms with Crippen molar-refractivity contribution in [3.8, 4) is 33.6 Å². The lowest BCUT2D eigenvalue weighted by molar-refractivity contribution is 0.538. The molecular formula is C54H36N4O. The van der Waals surface area contributed by atoms with Crippen molar-refractivity contribution in [3.63, 3.8) is 0 Å². The minimum absolute atomic E-state index is 0.0668. The zero-order valence-electron chi connectivity index (χ0n) is 31.9. The van der Waals surface area contributed by atoms with E-state index >= 15 is 0 Å². The summed E-state index contributed by atoms with van der Waals surface area (Å²) in [5.41, 5.74) is 12.4. The van der Waals surface area contributed by atoms with Gasteiger partial charge in [-0.3, -0.25) is 10.8 Å². The third-order valence-corrected chi connectivity index (χ3v) is 11.5. The minimum atomic E-state index is -0.0737. The van der Waals surface area contributed by atoms with Crippen molar-refractivity contribution >= 4 is 66.2 Å². The summed E-state index contributed by atoms with van der Waals surface area (Å²) >= 11 is 0. The Balaban J connectivity index is 0.883. The molecule has 2 heterocycles. The Kier molecular flexibility index (Phi) is 8.05. The molecule has 0 radical (unpaired) electrons. The third-order valence-electron chi connectivity index (χ3n) is 11.5.